The molecule has 2 rings (SSSR count). The van der Waals surface area contributed by atoms with E-state index in [9.17, 15) is 0 Å². The van der Waals surface area contributed by atoms with Gasteiger partial charge in [-0.2, -0.15) is 0 Å². The molecule has 0 fully saturated rings. The predicted octanol–water partition coefficient (Wildman–Crippen LogP) is 3.39. The van der Waals surface area contributed by atoms with Crippen molar-refractivity contribution in [3.8, 4) is 5.75 Å². The Morgan fingerprint density at radius 3 is 2.83 bits per heavy atom. The standard InChI is InChI=1S/C15H20N2O/c1-12(2)14-5-4-13(3)10-15(14)18-9-8-17-7-6-16-11-17/h4-7,10-12H,8-9H2,1-3H3. The molecule has 0 spiro atoms. The number of rotatable bonds is 5. The normalized spacial score (nSPS) is 10.9. The van der Waals surface area contributed by atoms with Crippen LogP contribution in [0.3, 0.4) is 0 Å². The van der Waals surface area contributed by atoms with Crippen molar-refractivity contribution in [1.29, 1.82) is 0 Å². The molecule has 96 valence electrons. The number of hydrogen-bond acceptors (Lipinski definition) is 2. The molecule has 1 aromatic heterocycles. The van der Waals surface area contributed by atoms with E-state index in [1.807, 2.05) is 17.1 Å². The first-order chi connectivity index (χ1) is 8.66. The van der Waals surface area contributed by atoms with Crippen LogP contribution < -0.4 is 4.74 Å². The van der Waals surface area contributed by atoms with E-state index < -0.39 is 0 Å². The first kappa shape index (κ1) is 12.7. The van der Waals surface area contributed by atoms with E-state index in [0.29, 0.717) is 12.5 Å². The fraction of sp³-hybridized carbons (Fsp3) is 0.400. The first-order valence-corrected chi connectivity index (χ1v) is 6.36. The molecule has 3 heteroatoms. The molecule has 2 aromatic rings. The maximum Gasteiger partial charge on any atom is 0.123 e. The summed E-state index contributed by atoms with van der Waals surface area (Å²) in [4.78, 5) is 4.02. The number of benzene rings is 1. The minimum atomic E-state index is 0.480. The van der Waals surface area contributed by atoms with Crippen LogP contribution in [0.1, 0.15) is 30.9 Å². The Kier molecular flexibility index (Phi) is 4.03. The summed E-state index contributed by atoms with van der Waals surface area (Å²) in [5, 5.41) is 0. The van der Waals surface area contributed by atoms with Crippen LogP contribution in [-0.4, -0.2) is 16.2 Å². The van der Waals surface area contributed by atoms with Crippen molar-refractivity contribution >= 4 is 0 Å². The van der Waals surface area contributed by atoms with E-state index in [0.717, 1.165) is 12.3 Å². The van der Waals surface area contributed by atoms with Gasteiger partial charge in [0.2, 0.25) is 0 Å². The largest absolute Gasteiger partial charge is 0.491 e. The van der Waals surface area contributed by atoms with Gasteiger partial charge in [0.05, 0.1) is 12.9 Å². The molecule has 18 heavy (non-hydrogen) atoms. The van der Waals surface area contributed by atoms with Crippen molar-refractivity contribution in [2.75, 3.05) is 6.61 Å². The fourth-order valence-electron chi connectivity index (χ4n) is 1.92. The van der Waals surface area contributed by atoms with Gasteiger partial charge < -0.3 is 9.30 Å². The predicted molar refractivity (Wildman–Crippen MR) is 73.0 cm³/mol. The van der Waals surface area contributed by atoms with Gasteiger partial charge in [-0.3, -0.25) is 0 Å². The van der Waals surface area contributed by atoms with Crippen LogP contribution in [0, 0.1) is 6.92 Å². The quantitative estimate of drug-likeness (QED) is 0.806. The Hall–Kier alpha value is -1.77. The summed E-state index contributed by atoms with van der Waals surface area (Å²) in [6.07, 6.45) is 5.54. The van der Waals surface area contributed by atoms with Crippen LogP contribution in [0.25, 0.3) is 0 Å². The second kappa shape index (κ2) is 5.71. The van der Waals surface area contributed by atoms with Crippen LogP contribution in [0.2, 0.25) is 0 Å². The van der Waals surface area contributed by atoms with Gasteiger partial charge >= 0.3 is 0 Å². The highest BCUT2D eigenvalue weighted by Crippen LogP contribution is 2.27. The lowest BCUT2D eigenvalue weighted by Gasteiger charge is -2.15. The van der Waals surface area contributed by atoms with Gasteiger partial charge in [0.25, 0.3) is 0 Å². The molecule has 0 saturated carbocycles. The third-order valence-electron chi connectivity index (χ3n) is 2.96. The Bertz CT molecular complexity index is 489. The van der Waals surface area contributed by atoms with Crippen molar-refractivity contribution < 1.29 is 4.74 Å². The Morgan fingerprint density at radius 1 is 1.33 bits per heavy atom. The molecule has 3 nitrogen and oxygen atoms in total. The van der Waals surface area contributed by atoms with Crippen molar-refractivity contribution in [2.24, 2.45) is 0 Å². The number of aromatic nitrogens is 2. The van der Waals surface area contributed by atoms with Crippen molar-refractivity contribution in [3.05, 3.63) is 48.0 Å². The molecule has 0 N–H and O–H groups in total. The van der Waals surface area contributed by atoms with Gasteiger partial charge in [-0.15, -0.1) is 0 Å². The zero-order chi connectivity index (χ0) is 13.0. The smallest absolute Gasteiger partial charge is 0.123 e. The maximum atomic E-state index is 5.90. The zero-order valence-corrected chi connectivity index (χ0v) is 11.3. The second-order valence-corrected chi connectivity index (χ2v) is 4.84. The Labute approximate surface area is 108 Å². The minimum Gasteiger partial charge on any atom is -0.491 e. The number of aryl methyl sites for hydroxylation is 1. The molecule has 0 radical (unpaired) electrons. The van der Waals surface area contributed by atoms with E-state index in [1.54, 1.807) is 6.20 Å². The minimum absolute atomic E-state index is 0.480. The molecule has 0 aliphatic heterocycles. The van der Waals surface area contributed by atoms with Crippen LogP contribution in [-0.2, 0) is 6.54 Å². The van der Waals surface area contributed by atoms with Crippen LogP contribution >= 0.6 is 0 Å². The summed E-state index contributed by atoms with van der Waals surface area (Å²) in [5.41, 5.74) is 2.50. The van der Waals surface area contributed by atoms with Gasteiger partial charge in [0.15, 0.2) is 0 Å². The molecule has 0 aliphatic rings. The molecule has 0 atom stereocenters. The van der Waals surface area contributed by atoms with Crippen molar-refractivity contribution in [2.45, 2.75) is 33.2 Å². The Balaban J connectivity index is 2.01. The van der Waals surface area contributed by atoms with Crippen molar-refractivity contribution in [3.63, 3.8) is 0 Å². The van der Waals surface area contributed by atoms with Gasteiger partial charge in [-0.05, 0) is 30.0 Å². The van der Waals surface area contributed by atoms with Crippen LogP contribution in [0.5, 0.6) is 5.75 Å². The van der Waals surface area contributed by atoms with E-state index in [-0.39, 0.29) is 0 Å². The monoisotopic (exact) mass is 244 g/mol. The second-order valence-electron chi connectivity index (χ2n) is 4.84. The SMILES string of the molecule is Cc1ccc(C(C)C)c(OCCn2ccnc2)c1. The van der Waals surface area contributed by atoms with Gasteiger partial charge in [0, 0.05) is 12.4 Å². The van der Waals surface area contributed by atoms with Crippen molar-refractivity contribution in [1.82, 2.24) is 9.55 Å². The molecule has 0 saturated heterocycles. The molecule has 1 heterocycles. The lowest BCUT2D eigenvalue weighted by molar-refractivity contribution is 0.294. The molecular formula is C15H20N2O. The number of imidazole rings is 1. The average molecular weight is 244 g/mol. The van der Waals surface area contributed by atoms with E-state index in [1.165, 1.54) is 11.1 Å². The van der Waals surface area contributed by atoms with Gasteiger partial charge in [0.1, 0.15) is 12.4 Å². The molecule has 0 bridgehead atoms. The number of hydrogen-bond donors (Lipinski definition) is 0. The fourth-order valence-corrected chi connectivity index (χ4v) is 1.92. The highest BCUT2D eigenvalue weighted by atomic mass is 16.5. The summed E-state index contributed by atoms with van der Waals surface area (Å²) in [7, 11) is 0. The maximum absolute atomic E-state index is 5.90. The summed E-state index contributed by atoms with van der Waals surface area (Å²) in [5.74, 6) is 1.49. The third-order valence-corrected chi connectivity index (χ3v) is 2.96. The van der Waals surface area contributed by atoms with Gasteiger partial charge in [-0.1, -0.05) is 26.0 Å². The van der Waals surface area contributed by atoms with E-state index >= 15 is 0 Å². The van der Waals surface area contributed by atoms with E-state index in [4.69, 9.17) is 4.74 Å². The topological polar surface area (TPSA) is 27.1 Å². The summed E-state index contributed by atoms with van der Waals surface area (Å²) in [6, 6.07) is 6.41. The lowest BCUT2D eigenvalue weighted by Crippen LogP contribution is -2.08. The number of ether oxygens (including phenoxy) is 1. The molecule has 0 unspecified atom stereocenters. The van der Waals surface area contributed by atoms with Crippen LogP contribution in [0.4, 0.5) is 0 Å². The zero-order valence-electron chi connectivity index (χ0n) is 11.3. The van der Waals surface area contributed by atoms with Gasteiger partial charge in [-0.25, -0.2) is 4.98 Å². The number of nitrogens with zero attached hydrogens (tertiary/aromatic N) is 2. The average Bonchev–Trinajstić information content (AvgIpc) is 2.82. The lowest BCUT2D eigenvalue weighted by atomic mass is 10.0. The summed E-state index contributed by atoms with van der Waals surface area (Å²) in [6.45, 7) is 7.96. The molecule has 0 aliphatic carbocycles. The molecule has 0 amide bonds. The third kappa shape index (κ3) is 3.13. The first-order valence-electron chi connectivity index (χ1n) is 6.36. The Morgan fingerprint density at radius 2 is 2.17 bits per heavy atom. The van der Waals surface area contributed by atoms with Crippen LogP contribution in [0.15, 0.2) is 36.9 Å². The highest BCUT2D eigenvalue weighted by Gasteiger charge is 2.07. The summed E-state index contributed by atoms with van der Waals surface area (Å²) < 4.78 is 7.92. The van der Waals surface area contributed by atoms with E-state index in [2.05, 4.69) is 44.0 Å². The highest BCUT2D eigenvalue weighted by molar-refractivity contribution is 5.39. The molecular weight excluding hydrogens is 224 g/mol. The molecule has 1 aromatic carbocycles. The summed E-state index contributed by atoms with van der Waals surface area (Å²) >= 11 is 0.